The monoisotopic (exact) mass is 374 g/mol. The van der Waals surface area contributed by atoms with Crippen LogP contribution in [0.15, 0.2) is 52.7 Å². The Hall–Kier alpha value is -2.51. The molecule has 6 nitrogen and oxygen atoms in total. The van der Waals surface area contributed by atoms with Crippen LogP contribution >= 0.6 is 23.4 Å². The molecule has 1 N–H and O–H groups in total. The fraction of sp³-hybridized carbons (Fsp3) is 0.118. The molecule has 3 rings (SSSR count). The Labute approximate surface area is 154 Å². The van der Waals surface area contributed by atoms with Crippen LogP contribution in [0, 0.1) is 0 Å². The molecule has 0 bridgehead atoms. The first-order valence-corrected chi connectivity index (χ1v) is 8.90. The van der Waals surface area contributed by atoms with Gasteiger partial charge in [0.2, 0.25) is 5.16 Å². The van der Waals surface area contributed by atoms with Crippen LogP contribution in [0.4, 0.5) is 0 Å². The summed E-state index contributed by atoms with van der Waals surface area (Å²) in [4.78, 5) is 0. The van der Waals surface area contributed by atoms with Crippen molar-refractivity contribution in [2.24, 2.45) is 5.10 Å². The molecule has 1 heterocycles. The second-order valence-corrected chi connectivity index (χ2v) is 6.19. The number of hydrogen-bond acceptors (Lipinski definition) is 6. The highest BCUT2D eigenvalue weighted by molar-refractivity contribution is 7.98. The van der Waals surface area contributed by atoms with E-state index in [0.29, 0.717) is 21.6 Å². The number of hydrogen-bond donors (Lipinski definition) is 1. The highest BCUT2D eigenvalue weighted by atomic mass is 35.5. The Morgan fingerprint density at radius 2 is 2.00 bits per heavy atom. The van der Waals surface area contributed by atoms with Crippen molar-refractivity contribution in [2.75, 3.05) is 13.4 Å². The number of aromatic hydroxyl groups is 1. The van der Waals surface area contributed by atoms with E-state index >= 15 is 0 Å². The molecule has 0 spiro atoms. The third-order valence-electron chi connectivity index (χ3n) is 3.43. The Kier molecular flexibility index (Phi) is 5.25. The van der Waals surface area contributed by atoms with Crippen molar-refractivity contribution in [2.45, 2.75) is 5.16 Å². The van der Waals surface area contributed by atoms with Gasteiger partial charge in [0.05, 0.1) is 13.3 Å². The van der Waals surface area contributed by atoms with Crippen LogP contribution in [-0.2, 0) is 0 Å². The Morgan fingerprint density at radius 3 is 2.68 bits per heavy atom. The Morgan fingerprint density at radius 1 is 1.24 bits per heavy atom. The van der Waals surface area contributed by atoms with Gasteiger partial charge in [0.15, 0.2) is 17.3 Å². The van der Waals surface area contributed by atoms with Gasteiger partial charge < -0.3 is 9.84 Å². The number of ether oxygens (including phenoxy) is 1. The molecular formula is C17H15ClN4O2S. The first-order valence-electron chi connectivity index (χ1n) is 7.29. The van der Waals surface area contributed by atoms with E-state index < -0.39 is 0 Å². The van der Waals surface area contributed by atoms with Crippen molar-refractivity contribution in [1.29, 1.82) is 0 Å². The minimum atomic E-state index is -0.0318. The van der Waals surface area contributed by atoms with Crippen LogP contribution in [0.1, 0.15) is 5.56 Å². The standard InChI is InChI=1S/C17H15ClN4O2S/c1-24-14-9-13(18)8-12(15(14)23)10-19-22-16(20-21-17(22)25-2)11-6-4-3-5-7-11/h3-10,23H,1-2H3. The normalized spacial score (nSPS) is 11.2. The highest BCUT2D eigenvalue weighted by Crippen LogP contribution is 2.32. The van der Waals surface area contributed by atoms with Gasteiger partial charge >= 0.3 is 0 Å². The molecular weight excluding hydrogens is 360 g/mol. The van der Waals surface area contributed by atoms with Crippen molar-refractivity contribution >= 4 is 29.6 Å². The van der Waals surface area contributed by atoms with Gasteiger partial charge in [0.1, 0.15) is 0 Å². The maximum Gasteiger partial charge on any atom is 0.212 e. The molecule has 0 radical (unpaired) electrons. The number of nitrogens with zero attached hydrogens (tertiary/aromatic N) is 4. The fourth-order valence-electron chi connectivity index (χ4n) is 2.23. The van der Waals surface area contributed by atoms with Gasteiger partial charge in [0.25, 0.3) is 0 Å². The molecule has 0 saturated heterocycles. The van der Waals surface area contributed by atoms with Crippen molar-refractivity contribution in [1.82, 2.24) is 14.9 Å². The third kappa shape index (κ3) is 3.62. The molecule has 0 aliphatic carbocycles. The predicted molar refractivity (Wildman–Crippen MR) is 99.9 cm³/mol. The topological polar surface area (TPSA) is 72.5 Å². The quantitative estimate of drug-likeness (QED) is 0.541. The van der Waals surface area contributed by atoms with Crippen LogP contribution in [0.25, 0.3) is 11.4 Å². The Bertz CT molecular complexity index is 913. The maximum atomic E-state index is 10.2. The second-order valence-electron chi connectivity index (χ2n) is 4.98. The molecule has 0 unspecified atom stereocenters. The van der Waals surface area contributed by atoms with Gasteiger partial charge in [0, 0.05) is 22.2 Å². The van der Waals surface area contributed by atoms with Crippen molar-refractivity contribution in [3.63, 3.8) is 0 Å². The lowest BCUT2D eigenvalue weighted by Gasteiger charge is -2.07. The Balaban J connectivity index is 2.05. The zero-order valence-corrected chi connectivity index (χ0v) is 15.1. The van der Waals surface area contributed by atoms with E-state index in [1.165, 1.54) is 31.2 Å². The van der Waals surface area contributed by atoms with Crippen molar-refractivity contribution in [3.8, 4) is 22.9 Å². The molecule has 25 heavy (non-hydrogen) atoms. The number of phenols is 1. The first-order chi connectivity index (χ1) is 12.1. The number of rotatable bonds is 5. The van der Waals surface area contributed by atoms with E-state index in [-0.39, 0.29) is 11.5 Å². The summed E-state index contributed by atoms with van der Waals surface area (Å²) in [6.45, 7) is 0. The van der Waals surface area contributed by atoms with Gasteiger partial charge in [-0.05, 0) is 12.3 Å². The third-order valence-corrected chi connectivity index (χ3v) is 4.27. The van der Waals surface area contributed by atoms with Gasteiger partial charge in [-0.2, -0.15) is 9.78 Å². The summed E-state index contributed by atoms with van der Waals surface area (Å²) in [5.74, 6) is 0.858. The molecule has 2 aromatic carbocycles. The van der Waals surface area contributed by atoms with Crippen LogP contribution in [0.3, 0.4) is 0 Å². The lowest BCUT2D eigenvalue weighted by Crippen LogP contribution is -1.97. The van der Waals surface area contributed by atoms with Gasteiger partial charge in [-0.25, -0.2) is 0 Å². The molecule has 0 amide bonds. The average molecular weight is 375 g/mol. The lowest BCUT2D eigenvalue weighted by atomic mass is 10.2. The van der Waals surface area contributed by atoms with Crippen LogP contribution in [0.5, 0.6) is 11.5 Å². The lowest BCUT2D eigenvalue weighted by molar-refractivity contribution is 0.373. The van der Waals surface area contributed by atoms with Gasteiger partial charge in [-0.15, -0.1) is 10.2 Å². The maximum absolute atomic E-state index is 10.2. The summed E-state index contributed by atoms with van der Waals surface area (Å²) in [5.41, 5.74) is 1.32. The molecule has 0 fully saturated rings. The molecule has 0 aliphatic rings. The van der Waals surface area contributed by atoms with Gasteiger partial charge in [-0.3, -0.25) is 0 Å². The van der Waals surface area contributed by atoms with Crippen molar-refractivity contribution in [3.05, 3.63) is 53.1 Å². The summed E-state index contributed by atoms with van der Waals surface area (Å²) in [5, 5.41) is 24.1. The minimum Gasteiger partial charge on any atom is -0.504 e. The summed E-state index contributed by atoms with van der Waals surface area (Å²) in [6, 6.07) is 12.8. The average Bonchev–Trinajstić information content (AvgIpc) is 3.05. The van der Waals surface area contributed by atoms with Crippen LogP contribution in [0.2, 0.25) is 5.02 Å². The smallest absolute Gasteiger partial charge is 0.212 e. The minimum absolute atomic E-state index is 0.0318. The molecule has 0 atom stereocenters. The number of halogens is 1. The molecule has 0 saturated carbocycles. The number of phenolic OH excluding ortho intramolecular Hbond substituents is 1. The fourth-order valence-corrected chi connectivity index (χ4v) is 2.88. The summed E-state index contributed by atoms with van der Waals surface area (Å²) in [7, 11) is 1.46. The predicted octanol–water partition coefficient (Wildman–Crippen LogP) is 3.92. The van der Waals surface area contributed by atoms with Crippen LogP contribution < -0.4 is 4.74 Å². The largest absolute Gasteiger partial charge is 0.504 e. The molecule has 3 aromatic rings. The van der Waals surface area contributed by atoms with E-state index in [0.717, 1.165) is 5.56 Å². The van der Waals surface area contributed by atoms with E-state index in [4.69, 9.17) is 16.3 Å². The number of thioether (sulfide) groups is 1. The zero-order chi connectivity index (χ0) is 17.8. The van der Waals surface area contributed by atoms with Gasteiger partial charge in [-0.1, -0.05) is 53.7 Å². The molecule has 128 valence electrons. The highest BCUT2D eigenvalue weighted by Gasteiger charge is 2.13. The number of benzene rings is 2. The summed E-state index contributed by atoms with van der Waals surface area (Å²) >= 11 is 7.48. The van der Waals surface area contributed by atoms with E-state index in [2.05, 4.69) is 15.3 Å². The summed E-state index contributed by atoms with van der Waals surface area (Å²) in [6.07, 6.45) is 3.39. The number of methoxy groups -OCH3 is 1. The zero-order valence-electron chi connectivity index (χ0n) is 13.5. The molecule has 0 aliphatic heterocycles. The van der Waals surface area contributed by atoms with E-state index in [1.807, 2.05) is 36.6 Å². The molecule has 8 heteroatoms. The van der Waals surface area contributed by atoms with Crippen molar-refractivity contribution < 1.29 is 9.84 Å². The number of aromatic nitrogens is 3. The van der Waals surface area contributed by atoms with Crippen LogP contribution in [-0.4, -0.2) is 39.6 Å². The van der Waals surface area contributed by atoms with E-state index in [9.17, 15) is 5.11 Å². The molecule has 1 aromatic heterocycles. The second kappa shape index (κ2) is 7.58. The van der Waals surface area contributed by atoms with E-state index in [1.54, 1.807) is 10.7 Å². The first kappa shape index (κ1) is 17.3. The SMILES string of the molecule is COc1cc(Cl)cc(C=Nn2c(SC)nnc2-c2ccccc2)c1O. The summed E-state index contributed by atoms with van der Waals surface area (Å²) < 4.78 is 6.73.